The number of imidazole rings is 1. The van der Waals surface area contributed by atoms with Crippen molar-refractivity contribution >= 4 is 29.0 Å². The number of hydrogen-bond donors (Lipinski definition) is 1. The van der Waals surface area contributed by atoms with E-state index < -0.39 is 0 Å². The third-order valence-corrected chi connectivity index (χ3v) is 4.47. The molecule has 28 heavy (non-hydrogen) atoms. The maximum absolute atomic E-state index is 12.6. The van der Waals surface area contributed by atoms with E-state index in [1.165, 1.54) is 0 Å². The summed E-state index contributed by atoms with van der Waals surface area (Å²) < 4.78 is 7.42. The van der Waals surface area contributed by atoms with Crippen LogP contribution in [0.3, 0.4) is 0 Å². The van der Waals surface area contributed by atoms with Crippen LogP contribution in [0, 0.1) is 6.92 Å². The van der Waals surface area contributed by atoms with Gasteiger partial charge in [-0.3, -0.25) is 9.20 Å². The van der Waals surface area contributed by atoms with Gasteiger partial charge in [0.2, 0.25) is 0 Å². The fourth-order valence-electron chi connectivity index (χ4n) is 2.94. The van der Waals surface area contributed by atoms with Crippen molar-refractivity contribution in [1.29, 1.82) is 0 Å². The summed E-state index contributed by atoms with van der Waals surface area (Å²) >= 11 is 6.15. The molecule has 0 fully saturated rings. The number of aryl methyl sites for hydroxylation is 1. The standard InChI is InChI=1S/C22H18ClN3O2/c1-15-10-11-19-24-21(16-6-5-7-17(23)12-16)22(26(19)13-15)25-20(27)14-28-18-8-3-2-4-9-18/h2-13H,14H2,1H3,(H,25,27). The second-order valence-electron chi connectivity index (χ2n) is 6.40. The first-order chi connectivity index (χ1) is 13.6. The van der Waals surface area contributed by atoms with Crippen LogP contribution in [-0.4, -0.2) is 21.9 Å². The molecule has 5 nitrogen and oxygen atoms in total. The number of aromatic nitrogens is 2. The maximum atomic E-state index is 12.6. The van der Waals surface area contributed by atoms with Crippen LogP contribution in [0.2, 0.25) is 5.02 Å². The fraction of sp³-hybridized carbons (Fsp3) is 0.0909. The second-order valence-corrected chi connectivity index (χ2v) is 6.84. The molecule has 2 aromatic carbocycles. The number of para-hydroxylation sites is 1. The molecule has 0 aliphatic heterocycles. The van der Waals surface area contributed by atoms with Gasteiger partial charge in [0, 0.05) is 16.8 Å². The molecule has 0 spiro atoms. The number of nitrogens with one attached hydrogen (secondary N) is 1. The van der Waals surface area contributed by atoms with E-state index in [1.807, 2.05) is 78.2 Å². The molecule has 2 aromatic heterocycles. The number of pyridine rings is 1. The highest BCUT2D eigenvalue weighted by Gasteiger charge is 2.17. The van der Waals surface area contributed by atoms with Crippen molar-refractivity contribution in [2.45, 2.75) is 6.92 Å². The monoisotopic (exact) mass is 391 g/mol. The van der Waals surface area contributed by atoms with Crippen LogP contribution in [0.15, 0.2) is 72.9 Å². The molecule has 0 aliphatic rings. The number of amides is 1. The summed E-state index contributed by atoms with van der Waals surface area (Å²) in [4.78, 5) is 17.2. The highest BCUT2D eigenvalue weighted by atomic mass is 35.5. The Bertz CT molecular complexity index is 1140. The first kappa shape index (κ1) is 18.1. The van der Waals surface area contributed by atoms with Crippen molar-refractivity contribution in [3.63, 3.8) is 0 Å². The number of carbonyl (C=O) groups excluding carboxylic acids is 1. The summed E-state index contributed by atoms with van der Waals surface area (Å²) in [7, 11) is 0. The summed E-state index contributed by atoms with van der Waals surface area (Å²) in [6, 6.07) is 20.5. The van der Waals surface area contributed by atoms with E-state index in [-0.39, 0.29) is 12.5 Å². The molecule has 0 saturated heterocycles. The van der Waals surface area contributed by atoms with E-state index in [1.54, 1.807) is 6.07 Å². The van der Waals surface area contributed by atoms with Crippen LogP contribution >= 0.6 is 11.6 Å². The minimum absolute atomic E-state index is 0.0992. The van der Waals surface area contributed by atoms with Gasteiger partial charge in [-0.05, 0) is 42.8 Å². The number of carbonyl (C=O) groups is 1. The Kier molecular flexibility index (Phi) is 5.00. The van der Waals surface area contributed by atoms with Gasteiger partial charge in [-0.2, -0.15) is 0 Å². The zero-order valence-corrected chi connectivity index (χ0v) is 16.0. The van der Waals surface area contributed by atoms with Gasteiger partial charge in [0.25, 0.3) is 5.91 Å². The van der Waals surface area contributed by atoms with Gasteiger partial charge in [0.1, 0.15) is 22.9 Å². The molecule has 0 unspecified atom stereocenters. The van der Waals surface area contributed by atoms with E-state index in [9.17, 15) is 4.79 Å². The van der Waals surface area contributed by atoms with Gasteiger partial charge < -0.3 is 10.1 Å². The Labute approximate surface area is 167 Å². The molecule has 1 N–H and O–H groups in total. The number of halogens is 1. The number of benzene rings is 2. The van der Waals surface area contributed by atoms with E-state index in [0.717, 1.165) is 16.8 Å². The number of ether oxygens (including phenoxy) is 1. The van der Waals surface area contributed by atoms with Crippen LogP contribution < -0.4 is 10.1 Å². The Morgan fingerprint density at radius 1 is 1.11 bits per heavy atom. The van der Waals surface area contributed by atoms with E-state index >= 15 is 0 Å². The highest BCUT2D eigenvalue weighted by molar-refractivity contribution is 6.30. The smallest absolute Gasteiger partial charge is 0.263 e. The number of anilines is 1. The Balaban J connectivity index is 1.67. The Morgan fingerprint density at radius 3 is 2.71 bits per heavy atom. The third-order valence-electron chi connectivity index (χ3n) is 4.24. The van der Waals surface area contributed by atoms with Gasteiger partial charge in [0.05, 0.1) is 0 Å². The van der Waals surface area contributed by atoms with Crippen molar-refractivity contribution in [2.24, 2.45) is 0 Å². The molecule has 6 heteroatoms. The van der Waals surface area contributed by atoms with Crippen molar-refractivity contribution in [2.75, 3.05) is 11.9 Å². The van der Waals surface area contributed by atoms with Gasteiger partial charge in [-0.15, -0.1) is 0 Å². The molecule has 0 aliphatic carbocycles. The largest absolute Gasteiger partial charge is 0.484 e. The summed E-state index contributed by atoms with van der Waals surface area (Å²) in [6.07, 6.45) is 1.93. The SMILES string of the molecule is Cc1ccc2nc(-c3cccc(Cl)c3)c(NC(=O)COc3ccccc3)n2c1. The molecule has 0 atom stereocenters. The number of fused-ring (bicyclic) bond motifs is 1. The first-order valence-corrected chi connectivity index (χ1v) is 9.20. The predicted molar refractivity (Wildman–Crippen MR) is 111 cm³/mol. The van der Waals surface area contributed by atoms with E-state index in [4.69, 9.17) is 16.3 Å². The van der Waals surface area contributed by atoms with E-state index in [2.05, 4.69) is 10.3 Å². The van der Waals surface area contributed by atoms with Crippen LogP contribution in [-0.2, 0) is 4.79 Å². The summed E-state index contributed by atoms with van der Waals surface area (Å²) in [5, 5.41) is 3.55. The highest BCUT2D eigenvalue weighted by Crippen LogP contribution is 2.30. The van der Waals surface area contributed by atoms with Crippen LogP contribution in [0.25, 0.3) is 16.9 Å². The average molecular weight is 392 g/mol. The Morgan fingerprint density at radius 2 is 1.93 bits per heavy atom. The molecule has 4 aromatic rings. The minimum Gasteiger partial charge on any atom is -0.484 e. The van der Waals surface area contributed by atoms with Crippen LogP contribution in [0.4, 0.5) is 5.82 Å². The lowest BCUT2D eigenvalue weighted by atomic mass is 10.1. The Hall–Kier alpha value is -3.31. The molecule has 0 radical (unpaired) electrons. The molecular weight excluding hydrogens is 374 g/mol. The molecule has 0 saturated carbocycles. The number of rotatable bonds is 5. The second kappa shape index (κ2) is 7.74. The van der Waals surface area contributed by atoms with Crippen molar-refractivity contribution < 1.29 is 9.53 Å². The molecule has 2 heterocycles. The van der Waals surface area contributed by atoms with Crippen molar-refractivity contribution in [3.05, 3.63) is 83.5 Å². The molecule has 0 bridgehead atoms. The fourth-order valence-corrected chi connectivity index (χ4v) is 3.13. The van der Waals surface area contributed by atoms with Crippen molar-refractivity contribution in [3.8, 4) is 17.0 Å². The molecule has 140 valence electrons. The lowest BCUT2D eigenvalue weighted by Crippen LogP contribution is -2.21. The summed E-state index contributed by atoms with van der Waals surface area (Å²) in [6.45, 7) is 1.89. The van der Waals surface area contributed by atoms with Crippen molar-refractivity contribution in [1.82, 2.24) is 9.38 Å². The van der Waals surface area contributed by atoms with Crippen LogP contribution in [0.5, 0.6) is 5.75 Å². The third kappa shape index (κ3) is 3.85. The van der Waals surface area contributed by atoms with E-state index in [0.29, 0.717) is 22.3 Å². The zero-order chi connectivity index (χ0) is 19.5. The molecule has 1 amide bonds. The lowest BCUT2D eigenvalue weighted by molar-refractivity contribution is -0.118. The maximum Gasteiger partial charge on any atom is 0.263 e. The minimum atomic E-state index is -0.268. The quantitative estimate of drug-likeness (QED) is 0.522. The summed E-state index contributed by atoms with van der Waals surface area (Å²) in [5.74, 6) is 0.958. The topological polar surface area (TPSA) is 55.6 Å². The lowest BCUT2D eigenvalue weighted by Gasteiger charge is -2.10. The van der Waals surface area contributed by atoms with Gasteiger partial charge in [0.15, 0.2) is 6.61 Å². The van der Waals surface area contributed by atoms with Gasteiger partial charge in [-0.1, -0.05) is 48.0 Å². The summed E-state index contributed by atoms with van der Waals surface area (Å²) in [5.41, 5.74) is 3.27. The number of nitrogens with zero attached hydrogens (tertiary/aromatic N) is 2. The molecule has 4 rings (SSSR count). The number of hydrogen-bond acceptors (Lipinski definition) is 3. The predicted octanol–water partition coefficient (Wildman–Crippen LogP) is 4.98. The van der Waals surface area contributed by atoms with Gasteiger partial charge in [-0.25, -0.2) is 4.98 Å². The first-order valence-electron chi connectivity index (χ1n) is 8.82. The average Bonchev–Trinajstić information content (AvgIpc) is 3.05. The van der Waals surface area contributed by atoms with Gasteiger partial charge >= 0.3 is 0 Å². The normalized spacial score (nSPS) is 10.8. The van der Waals surface area contributed by atoms with Crippen LogP contribution in [0.1, 0.15) is 5.56 Å². The molecular formula is C22H18ClN3O2. The zero-order valence-electron chi connectivity index (χ0n) is 15.2.